The average molecular weight is 446 g/mol. The first-order valence-electron chi connectivity index (χ1n) is 8.85. The predicted molar refractivity (Wildman–Crippen MR) is 110 cm³/mol. The summed E-state index contributed by atoms with van der Waals surface area (Å²) in [6.45, 7) is 4.33. The number of pyridine rings is 1. The zero-order chi connectivity index (χ0) is 16.3. The molecule has 1 heterocycles. The molecule has 0 bridgehead atoms. The fourth-order valence-corrected chi connectivity index (χ4v) is 3.23. The number of halogens is 1. The van der Waals surface area contributed by atoms with Gasteiger partial charge in [0.05, 0.1) is 6.10 Å². The van der Waals surface area contributed by atoms with E-state index in [0.29, 0.717) is 18.0 Å². The van der Waals surface area contributed by atoms with E-state index in [-0.39, 0.29) is 24.0 Å². The van der Waals surface area contributed by atoms with Crippen LogP contribution in [0.2, 0.25) is 0 Å². The van der Waals surface area contributed by atoms with E-state index >= 15 is 0 Å². The fraction of sp³-hybridized carbons (Fsp3) is 0.667. The van der Waals surface area contributed by atoms with Gasteiger partial charge in [0, 0.05) is 38.0 Å². The van der Waals surface area contributed by atoms with Crippen molar-refractivity contribution in [2.75, 3.05) is 19.7 Å². The number of hydrogen-bond acceptors (Lipinski definition) is 3. The maximum absolute atomic E-state index is 5.93. The van der Waals surface area contributed by atoms with Gasteiger partial charge in [-0.1, -0.05) is 18.9 Å². The number of nitrogens with one attached hydrogen (secondary N) is 1. The molecular weight excluding hydrogens is 415 g/mol. The fourth-order valence-electron chi connectivity index (χ4n) is 3.23. The van der Waals surface area contributed by atoms with E-state index in [0.717, 1.165) is 38.2 Å². The van der Waals surface area contributed by atoms with Crippen molar-refractivity contribution in [2.45, 2.75) is 51.6 Å². The minimum atomic E-state index is 0. The molecule has 0 aliphatic heterocycles. The average Bonchev–Trinajstić information content (AvgIpc) is 3.09. The SMILES string of the molecule is CCOC(CCN=C(N)NCCc1ccccn1)C1CCCC1.I. The van der Waals surface area contributed by atoms with E-state index in [1.54, 1.807) is 0 Å². The summed E-state index contributed by atoms with van der Waals surface area (Å²) in [6.07, 6.45) is 9.24. The first kappa shape index (κ1) is 21.2. The summed E-state index contributed by atoms with van der Waals surface area (Å²) in [5, 5.41) is 3.15. The second-order valence-electron chi connectivity index (χ2n) is 6.09. The minimum absolute atomic E-state index is 0. The van der Waals surface area contributed by atoms with Crippen LogP contribution in [0.1, 0.15) is 44.7 Å². The van der Waals surface area contributed by atoms with Crippen molar-refractivity contribution >= 4 is 29.9 Å². The van der Waals surface area contributed by atoms with Gasteiger partial charge in [0.2, 0.25) is 0 Å². The third kappa shape index (κ3) is 7.79. The number of aromatic nitrogens is 1. The van der Waals surface area contributed by atoms with E-state index < -0.39 is 0 Å². The zero-order valence-electron chi connectivity index (χ0n) is 14.6. The number of nitrogens with two attached hydrogens (primary N) is 1. The normalized spacial score (nSPS) is 16.6. The van der Waals surface area contributed by atoms with Crippen LogP contribution >= 0.6 is 24.0 Å². The number of ether oxygens (including phenoxy) is 1. The molecule has 1 aromatic rings. The molecule has 136 valence electrons. The number of guanidine groups is 1. The maximum atomic E-state index is 5.93. The van der Waals surface area contributed by atoms with Crippen LogP contribution in [0.5, 0.6) is 0 Å². The van der Waals surface area contributed by atoms with Crippen molar-refractivity contribution in [2.24, 2.45) is 16.6 Å². The van der Waals surface area contributed by atoms with Gasteiger partial charge in [-0.25, -0.2) is 0 Å². The minimum Gasteiger partial charge on any atom is -0.378 e. The van der Waals surface area contributed by atoms with Crippen molar-refractivity contribution in [1.29, 1.82) is 0 Å². The molecule has 1 fully saturated rings. The van der Waals surface area contributed by atoms with E-state index in [4.69, 9.17) is 10.5 Å². The van der Waals surface area contributed by atoms with Gasteiger partial charge >= 0.3 is 0 Å². The van der Waals surface area contributed by atoms with Crippen molar-refractivity contribution in [3.05, 3.63) is 30.1 Å². The van der Waals surface area contributed by atoms with E-state index in [9.17, 15) is 0 Å². The molecule has 0 aromatic carbocycles. The van der Waals surface area contributed by atoms with Gasteiger partial charge in [-0.2, -0.15) is 0 Å². The Morgan fingerprint density at radius 3 is 2.88 bits per heavy atom. The predicted octanol–water partition coefficient (Wildman–Crippen LogP) is 3.13. The highest BCUT2D eigenvalue weighted by molar-refractivity contribution is 14.0. The van der Waals surface area contributed by atoms with Crippen molar-refractivity contribution < 1.29 is 4.74 Å². The molecule has 5 nitrogen and oxygen atoms in total. The number of hydrogen-bond donors (Lipinski definition) is 2. The standard InChI is InChI=1S/C18H30N4O.HI/c1-2-23-17(15-7-3-4-8-15)11-14-22-18(19)21-13-10-16-9-5-6-12-20-16;/h5-6,9,12,15,17H,2-4,7-8,10-11,13-14H2,1H3,(H3,19,21,22);1H. The van der Waals surface area contributed by atoms with Crippen LogP contribution in [0, 0.1) is 5.92 Å². The third-order valence-corrected chi connectivity index (χ3v) is 4.42. The van der Waals surface area contributed by atoms with Crippen LogP contribution < -0.4 is 11.1 Å². The first-order valence-corrected chi connectivity index (χ1v) is 8.85. The van der Waals surface area contributed by atoms with Crippen molar-refractivity contribution in [3.63, 3.8) is 0 Å². The van der Waals surface area contributed by atoms with Gasteiger partial charge in [-0.15, -0.1) is 24.0 Å². The molecule has 1 atom stereocenters. The summed E-state index contributed by atoms with van der Waals surface area (Å²) in [5.41, 5.74) is 6.99. The van der Waals surface area contributed by atoms with Gasteiger partial charge in [0.25, 0.3) is 0 Å². The maximum Gasteiger partial charge on any atom is 0.188 e. The molecule has 0 amide bonds. The Labute approximate surface area is 162 Å². The van der Waals surface area contributed by atoms with Gasteiger partial charge in [-0.05, 0) is 44.2 Å². The van der Waals surface area contributed by atoms with Crippen molar-refractivity contribution in [1.82, 2.24) is 10.3 Å². The Hall–Kier alpha value is -0.890. The molecule has 2 rings (SSSR count). The molecule has 0 spiro atoms. The van der Waals surface area contributed by atoms with Crippen LogP contribution in [-0.4, -0.2) is 36.7 Å². The number of rotatable bonds is 9. The smallest absolute Gasteiger partial charge is 0.188 e. The Bertz CT molecular complexity index is 463. The molecule has 1 unspecified atom stereocenters. The van der Waals surface area contributed by atoms with Crippen LogP contribution in [0.15, 0.2) is 29.4 Å². The second kappa shape index (κ2) is 12.5. The Balaban J connectivity index is 0.00000288. The van der Waals surface area contributed by atoms with Gasteiger partial charge in [0.15, 0.2) is 5.96 Å². The van der Waals surface area contributed by atoms with Crippen molar-refractivity contribution in [3.8, 4) is 0 Å². The molecule has 0 radical (unpaired) electrons. The third-order valence-electron chi connectivity index (χ3n) is 4.42. The second-order valence-corrected chi connectivity index (χ2v) is 6.09. The molecule has 6 heteroatoms. The zero-order valence-corrected chi connectivity index (χ0v) is 16.9. The first-order chi connectivity index (χ1) is 11.3. The summed E-state index contributed by atoms with van der Waals surface area (Å²) in [6, 6.07) is 5.94. The Morgan fingerprint density at radius 2 is 2.21 bits per heavy atom. The largest absolute Gasteiger partial charge is 0.378 e. The lowest BCUT2D eigenvalue weighted by atomic mass is 9.98. The summed E-state index contributed by atoms with van der Waals surface area (Å²) in [7, 11) is 0. The Morgan fingerprint density at radius 1 is 1.42 bits per heavy atom. The van der Waals surface area contributed by atoms with E-state index in [1.165, 1.54) is 25.7 Å². The summed E-state index contributed by atoms with van der Waals surface area (Å²) >= 11 is 0. The number of nitrogens with zero attached hydrogens (tertiary/aromatic N) is 2. The van der Waals surface area contributed by atoms with Crippen LogP contribution in [0.3, 0.4) is 0 Å². The van der Waals surface area contributed by atoms with Crippen LogP contribution in [0.25, 0.3) is 0 Å². The molecule has 1 aromatic heterocycles. The Kier molecular flexibility index (Phi) is 11.0. The molecule has 1 aliphatic rings. The highest BCUT2D eigenvalue weighted by Crippen LogP contribution is 2.30. The van der Waals surface area contributed by atoms with E-state index in [1.807, 2.05) is 24.4 Å². The van der Waals surface area contributed by atoms with Gasteiger partial charge in [0.1, 0.15) is 0 Å². The summed E-state index contributed by atoms with van der Waals surface area (Å²) < 4.78 is 5.91. The van der Waals surface area contributed by atoms with Gasteiger partial charge in [-0.3, -0.25) is 9.98 Å². The highest BCUT2D eigenvalue weighted by atomic mass is 127. The summed E-state index contributed by atoms with van der Waals surface area (Å²) in [5.74, 6) is 1.23. The topological polar surface area (TPSA) is 72.5 Å². The molecule has 0 saturated heterocycles. The molecule has 24 heavy (non-hydrogen) atoms. The molecule has 3 N–H and O–H groups in total. The lowest BCUT2D eigenvalue weighted by Crippen LogP contribution is -2.34. The quantitative estimate of drug-likeness (QED) is 0.347. The van der Waals surface area contributed by atoms with Gasteiger partial charge < -0.3 is 15.8 Å². The summed E-state index contributed by atoms with van der Waals surface area (Å²) in [4.78, 5) is 8.72. The molecule has 1 saturated carbocycles. The monoisotopic (exact) mass is 446 g/mol. The molecule has 1 aliphatic carbocycles. The highest BCUT2D eigenvalue weighted by Gasteiger charge is 2.24. The molecular formula is C18H31IN4O. The van der Waals surface area contributed by atoms with Crippen LogP contribution in [0.4, 0.5) is 0 Å². The van der Waals surface area contributed by atoms with E-state index in [2.05, 4.69) is 22.2 Å². The van der Waals surface area contributed by atoms with Crippen LogP contribution in [-0.2, 0) is 11.2 Å². The number of aliphatic imine (C=N–C) groups is 1. The lowest BCUT2D eigenvalue weighted by Gasteiger charge is -2.22. The lowest BCUT2D eigenvalue weighted by molar-refractivity contribution is 0.0177.